The summed E-state index contributed by atoms with van der Waals surface area (Å²) in [5.41, 5.74) is 1.90. The fourth-order valence-electron chi connectivity index (χ4n) is 4.82. The number of amides is 1. The summed E-state index contributed by atoms with van der Waals surface area (Å²) in [6.07, 6.45) is 4.41. The number of aryl methyl sites for hydroxylation is 1. The van der Waals surface area contributed by atoms with Gasteiger partial charge in [-0.2, -0.15) is 0 Å². The van der Waals surface area contributed by atoms with E-state index in [2.05, 4.69) is 11.9 Å². The van der Waals surface area contributed by atoms with E-state index in [1.165, 1.54) is 11.3 Å². The largest absolute Gasteiger partial charge is 0.493 e. The predicted octanol–water partition coefficient (Wildman–Crippen LogP) is 6.21. The molecule has 4 aromatic rings. The first kappa shape index (κ1) is 24.6. The van der Waals surface area contributed by atoms with Crippen LogP contribution in [0, 0.1) is 6.92 Å². The van der Waals surface area contributed by atoms with Crippen LogP contribution in [0.3, 0.4) is 0 Å². The van der Waals surface area contributed by atoms with Crippen LogP contribution in [0.25, 0.3) is 11.0 Å². The number of anilines is 1. The summed E-state index contributed by atoms with van der Waals surface area (Å²) < 4.78 is 17.7. The van der Waals surface area contributed by atoms with E-state index >= 15 is 0 Å². The number of methoxy groups -OCH3 is 1. The third kappa shape index (κ3) is 4.57. The first-order valence-electron chi connectivity index (χ1n) is 12.7. The van der Waals surface area contributed by atoms with Crippen LogP contribution in [0.4, 0.5) is 5.82 Å². The van der Waals surface area contributed by atoms with E-state index < -0.39 is 11.9 Å². The molecule has 0 radical (unpaired) electrons. The molecular formula is C30H30N2O5. The van der Waals surface area contributed by atoms with Gasteiger partial charge >= 0.3 is 0 Å². The zero-order valence-corrected chi connectivity index (χ0v) is 21.3. The average molecular weight is 499 g/mol. The normalized spacial score (nSPS) is 14.7. The number of hydrogen-bond acceptors (Lipinski definition) is 6. The quantitative estimate of drug-likeness (QED) is 0.255. The van der Waals surface area contributed by atoms with Crippen LogP contribution in [-0.4, -0.2) is 24.6 Å². The van der Waals surface area contributed by atoms with Crippen molar-refractivity contribution in [3.8, 4) is 11.5 Å². The van der Waals surface area contributed by atoms with Crippen LogP contribution < -0.4 is 19.8 Å². The molecule has 1 aliphatic heterocycles. The number of ether oxygens (including phenoxy) is 2. The minimum Gasteiger partial charge on any atom is -0.493 e. The minimum absolute atomic E-state index is 0.0345. The number of fused-ring (bicyclic) bond motifs is 2. The van der Waals surface area contributed by atoms with Gasteiger partial charge in [0, 0.05) is 5.69 Å². The average Bonchev–Trinajstić information content (AvgIpc) is 3.21. The molecule has 1 amide bonds. The van der Waals surface area contributed by atoms with Crippen molar-refractivity contribution in [3.63, 3.8) is 0 Å². The van der Waals surface area contributed by atoms with E-state index in [-0.39, 0.29) is 11.2 Å². The van der Waals surface area contributed by atoms with Gasteiger partial charge in [0.1, 0.15) is 11.4 Å². The van der Waals surface area contributed by atoms with Crippen molar-refractivity contribution in [2.24, 2.45) is 0 Å². The lowest BCUT2D eigenvalue weighted by molar-refractivity contribution is 0.0970. The summed E-state index contributed by atoms with van der Waals surface area (Å²) in [7, 11) is 1.58. The number of para-hydroxylation sites is 1. The van der Waals surface area contributed by atoms with Gasteiger partial charge < -0.3 is 13.9 Å². The molecule has 0 spiro atoms. The highest BCUT2D eigenvalue weighted by Gasteiger charge is 2.44. The smallest absolute Gasteiger partial charge is 0.296 e. The molecule has 1 atom stereocenters. The summed E-state index contributed by atoms with van der Waals surface area (Å²) in [6.45, 7) is 4.63. The molecule has 190 valence electrons. The van der Waals surface area contributed by atoms with Crippen molar-refractivity contribution in [1.82, 2.24) is 4.98 Å². The number of hydrogen-bond donors (Lipinski definition) is 0. The van der Waals surface area contributed by atoms with Crippen molar-refractivity contribution >= 4 is 22.7 Å². The van der Waals surface area contributed by atoms with Gasteiger partial charge in [-0.15, -0.1) is 0 Å². The molecule has 3 heterocycles. The molecule has 2 aromatic carbocycles. The van der Waals surface area contributed by atoms with E-state index in [4.69, 9.17) is 13.9 Å². The summed E-state index contributed by atoms with van der Waals surface area (Å²) in [5.74, 6) is 1.23. The molecule has 0 N–H and O–H groups in total. The molecule has 0 bridgehead atoms. The third-order valence-electron chi connectivity index (χ3n) is 6.66. The lowest BCUT2D eigenvalue weighted by atomic mass is 9.98. The van der Waals surface area contributed by atoms with Gasteiger partial charge in [0.15, 0.2) is 16.9 Å². The summed E-state index contributed by atoms with van der Waals surface area (Å²) in [4.78, 5) is 33.6. The number of nitrogens with zero attached hydrogens (tertiary/aromatic N) is 2. The number of carbonyl (C=O) groups excluding carboxylic acids is 1. The van der Waals surface area contributed by atoms with Gasteiger partial charge in [-0.05, 0) is 55.3 Å². The van der Waals surface area contributed by atoms with Gasteiger partial charge in [0.25, 0.3) is 5.91 Å². The lowest BCUT2D eigenvalue weighted by Gasteiger charge is -2.25. The number of aromatic nitrogens is 1. The number of pyridine rings is 1. The molecule has 0 aliphatic carbocycles. The van der Waals surface area contributed by atoms with Gasteiger partial charge in [-0.1, -0.05) is 50.5 Å². The molecule has 0 saturated heterocycles. The van der Waals surface area contributed by atoms with Gasteiger partial charge in [0.2, 0.25) is 5.76 Å². The SMILES string of the molecule is CCCCCCOc1ccc([C@@H]2c3c(oc4ccccc4c3=O)C(=O)N2c2cccc(C)n2)cc1OC. The Balaban J connectivity index is 1.62. The Morgan fingerprint density at radius 3 is 2.59 bits per heavy atom. The standard InChI is InChI=1S/C30H30N2O5/c1-4-5-6-9-17-36-23-16-15-20(18-24(23)35-3)27-26-28(33)21-12-7-8-13-22(21)37-29(26)30(34)32(27)25-14-10-11-19(2)31-25/h7-8,10-16,18,27H,4-6,9,17H2,1-3H3/t27-/m1/s1. The van der Waals surface area contributed by atoms with Crippen LogP contribution in [0.15, 0.2) is 69.9 Å². The molecule has 0 fully saturated rings. The third-order valence-corrected chi connectivity index (χ3v) is 6.66. The fraction of sp³-hybridized carbons (Fsp3) is 0.300. The molecule has 37 heavy (non-hydrogen) atoms. The molecule has 5 rings (SSSR count). The van der Waals surface area contributed by atoms with Crippen molar-refractivity contribution in [3.05, 3.63) is 93.5 Å². The molecule has 1 aliphatic rings. The van der Waals surface area contributed by atoms with Crippen molar-refractivity contribution < 1.29 is 18.7 Å². The van der Waals surface area contributed by atoms with Crippen molar-refractivity contribution in [2.45, 2.75) is 45.6 Å². The zero-order chi connectivity index (χ0) is 25.9. The van der Waals surface area contributed by atoms with Crippen molar-refractivity contribution in [1.29, 1.82) is 0 Å². The van der Waals surface area contributed by atoms with Crippen LogP contribution in [0.2, 0.25) is 0 Å². The Hall–Kier alpha value is -4.13. The minimum atomic E-state index is -0.731. The van der Waals surface area contributed by atoms with E-state index in [1.54, 1.807) is 37.4 Å². The highest BCUT2D eigenvalue weighted by molar-refractivity contribution is 6.10. The molecule has 7 nitrogen and oxygen atoms in total. The Labute approximate surface area is 215 Å². The summed E-state index contributed by atoms with van der Waals surface area (Å²) in [6, 6.07) is 17.2. The second-order valence-corrected chi connectivity index (χ2v) is 9.20. The maximum Gasteiger partial charge on any atom is 0.296 e. The summed E-state index contributed by atoms with van der Waals surface area (Å²) in [5, 5.41) is 0.428. The van der Waals surface area contributed by atoms with Crippen LogP contribution in [-0.2, 0) is 0 Å². The maximum absolute atomic E-state index is 13.7. The van der Waals surface area contributed by atoms with E-state index in [9.17, 15) is 9.59 Å². The predicted molar refractivity (Wildman–Crippen MR) is 143 cm³/mol. The van der Waals surface area contributed by atoms with E-state index in [0.717, 1.165) is 25.0 Å². The Bertz CT molecular complexity index is 1510. The Morgan fingerprint density at radius 2 is 1.81 bits per heavy atom. The molecule has 7 heteroatoms. The number of unbranched alkanes of at least 4 members (excludes halogenated alkanes) is 3. The Morgan fingerprint density at radius 1 is 0.973 bits per heavy atom. The van der Waals surface area contributed by atoms with Crippen LogP contribution >= 0.6 is 0 Å². The van der Waals surface area contributed by atoms with Crippen LogP contribution in [0.5, 0.6) is 11.5 Å². The molecule has 0 unspecified atom stereocenters. The van der Waals surface area contributed by atoms with E-state index in [0.29, 0.717) is 46.0 Å². The van der Waals surface area contributed by atoms with Gasteiger partial charge in [-0.3, -0.25) is 14.5 Å². The van der Waals surface area contributed by atoms with Crippen LogP contribution in [0.1, 0.15) is 66.0 Å². The van der Waals surface area contributed by atoms with Gasteiger partial charge in [-0.25, -0.2) is 4.98 Å². The second kappa shape index (κ2) is 10.5. The number of carbonyl (C=O) groups is 1. The number of benzene rings is 2. The molecule has 0 saturated carbocycles. The highest BCUT2D eigenvalue weighted by Crippen LogP contribution is 2.42. The topological polar surface area (TPSA) is 81.9 Å². The number of rotatable bonds is 9. The maximum atomic E-state index is 13.7. The molecule has 2 aromatic heterocycles. The molecular weight excluding hydrogens is 468 g/mol. The van der Waals surface area contributed by atoms with E-state index in [1.807, 2.05) is 37.3 Å². The zero-order valence-electron chi connectivity index (χ0n) is 21.3. The first-order chi connectivity index (χ1) is 18.0. The highest BCUT2D eigenvalue weighted by atomic mass is 16.5. The second-order valence-electron chi connectivity index (χ2n) is 9.20. The summed E-state index contributed by atoms with van der Waals surface area (Å²) >= 11 is 0. The Kier molecular flexibility index (Phi) is 6.95. The fourth-order valence-corrected chi connectivity index (χ4v) is 4.82. The lowest BCUT2D eigenvalue weighted by Crippen LogP contribution is -2.30. The monoisotopic (exact) mass is 498 g/mol. The van der Waals surface area contributed by atoms with Crippen molar-refractivity contribution in [2.75, 3.05) is 18.6 Å². The first-order valence-corrected chi connectivity index (χ1v) is 12.7. The van der Waals surface area contributed by atoms with Gasteiger partial charge in [0.05, 0.1) is 30.7 Å².